The van der Waals surface area contributed by atoms with Gasteiger partial charge in [0.05, 0.1) is 0 Å². The summed E-state index contributed by atoms with van der Waals surface area (Å²) < 4.78 is 5.41. The smallest absolute Gasteiger partial charge is 0.311 e. The minimum Gasteiger partial charge on any atom is -0.427 e. The van der Waals surface area contributed by atoms with Crippen LogP contribution in [-0.4, -0.2) is 15.9 Å². The fraction of sp³-hybridized carbons (Fsp3) is 0.542. The number of benzene rings is 1. The summed E-state index contributed by atoms with van der Waals surface area (Å²) in [7, 11) is 0. The van der Waals surface area contributed by atoms with Gasteiger partial charge in [0.2, 0.25) is 0 Å². The van der Waals surface area contributed by atoms with Crippen LogP contribution in [0.3, 0.4) is 0 Å². The van der Waals surface area contributed by atoms with E-state index in [1.54, 1.807) is 0 Å². The first-order valence-corrected chi connectivity index (χ1v) is 10.7. The van der Waals surface area contributed by atoms with Crippen LogP contribution in [0.2, 0.25) is 0 Å². The molecular weight excluding hydrogens is 348 g/mol. The van der Waals surface area contributed by atoms with E-state index in [0.717, 1.165) is 24.8 Å². The molecule has 0 bridgehead atoms. The lowest BCUT2D eigenvalue weighted by Gasteiger charge is -2.08. The SMILES string of the molecule is CCCCCCCc1cnc(-c2ccc(OC(=O)CCC(C)CC)cc2)nc1. The molecule has 1 heterocycles. The van der Waals surface area contributed by atoms with Gasteiger partial charge in [-0.1, -0.05) is 52.9 Å². The van der Waals surface area contributed by atoms with Gasteiger partial charge in [0, 0.05) is 24.4 Å². The van der Waals surface area contributed by atoms with E-state index in [9.17, 15) is 4.79 Å². The van der Waals surface area contributed by atoms with Gasteiger partial charge >= 0.3 is 5.97 Å². The van der Waals surface area contributed by atoms with Gasteiger partial charge in [0.25, 0.3) is 0 Å². The van der Waals surface area contributed by atoms with E-state index in [1.807, 2.05) is 36.7 Å². The lowest BCUT2D eigenvalue weighted by atomic mass is 10.0. The number of aromatic nitrogens is 2. The summed E-state index contributed by atoms with van der Waals surface area (Å²) >= 11 is 0. The van der Waals surface area contributed by atoms with E-state index in [-0.39, 0.29) is 5.97 Å². The van der Waals surface area contributed by atoms with Crippen molar-refractivity contribution in [2.24, 2.45) is 5.92 Å². The molecule has 1 atom stereocenters. The molecule has 152 valence electrons. The van der Waals surface area contributed by atoms with Gasteiger partial charge in [0.1, 0.15) is 5.75 Å². The Morgan fingerprint density at radius 3 is 2.32 bits per heavy atom. The highest BCUT2D eigenvalue weighted by Crippen LogP contribution is 2.20. The molecule has 0 spiro atoms. The Labute approximate surface area is 169 Å². The summed E-state index contributed by atoms with van der Waals surface area (Å²) in [5.74, 6) is 1.64. The van der Waals surface area contributed by atoms with Gasteiger partial charge in [-0.3, -0.25) is 4.79 Å². The molecule has 0 aliphatic carbocycles. The Bertz CT molecular complexity index is 696. The zero-order valence-electron chi connectivity index (χ0n) is 17.6. The third-order valence-electron chi connectivity index (χ3n) is 5.16. The molecular formula is C24H34N2O2. The number of hydrogen-bond acceptors (Lipinski definition) is 4. The lowest BCUT2D eigenvalue weighted by molar-refractivity contribution is -0.134. The van der Waals surface area contributed by atoms with E-state index in [2.05, 4.69) is 30.7 Å². The summed E-state index contributed by atoms with van der Waals surface area (Å²) in [6, 6.07) is 7.41. The first-order valence-electron chi connectivity index (χ1n) is 10.7. The monoisotopic (exact) mass is 382 g/mol. The largest absolute Gasteiger partial charge is 0.427 e. The van der Waals surface area contributed by atoms with Crippen LogP contribution in [0.4, 0.5) is 0 Å². The molecule has 0 aliphatic heterocycles. The molecule has 0 fully saturated rings. The number of unbranched alkanes of at least 4 members (excludes halogenated alkanes) is 4. The van der Waals surface area contributed by atoms with Crippen LogP contribution in [0.25, 0.3) is 11.4 Å². The van der Waals surface area contributed by atoms with Crippen molar-refractivity contribution in [2.75, 3.05) is 0 Å². The Morgan fingerprint density at radius 2 is 1.68 bits per heavy atom. The molecule has 28 heavy (non-hydrogen) atoms. The molecule has 1 aromatic heterocycles. The Hall–Kier alpha value is -2.23. The van der Waals surface area contributed by atoms with Crippen molar-refractivity contribution in [3.05, 3.63) is 42.2 Å². The zero-order chi connectivity index (χ0) is 20.2. The van der Waals surface area contributed by atoms with E-state index in [0.29, 0.717) is 23.9 Å². The van der Waals surface area contributed by atoms with Gasteiger partial charge in [-0.2, -0.15) is 0 Å². The number of aryl methyl sites for hydroxylation is 1. The molecule has 0 N–H and O–H groups in total. The number of carbonyl (C=O) groups excluding carboxylic acids is 1. The second kappa shape index (κ2) is 12.3. The van der Waals surface area contributed by atoms with Crippen molar-refractivity contribution in [3.8, 4) is 17.1 Å². The minimum atomic E-state index is -0.174. The fourth-order valence-corrected chi connectivity index (χ4v) is 2.99. The number of carbonyl (C=O) groups is 1. The molecule has 2 rings (SSSR count). The van der Waals surface area contributed by atoms with Gasteiger partial charge in [-0.25, -0.2) is 9.97 Å². The van der Waals surface area contributed by atoms with Crippen LogP contribution in [0.5, 0.6) is 5.75 Å². The Kier molecular flexibility index (Phi) is 9.67. The number of rotatable bonds is 12. The van der Waals surface area contributed by atoms with Crippen LogP contribution >= 0.6 is 0 Å². The highest BCUT2D eigenvalue weighted by Gasteiger charge is 2.09. The minimum absolute atomic E-state index is 0.174. The van der Waals surface area contributed by atoms with Crippen LogP contribution in [-0.2, 0) is 11.2 Å². The van der Waals surface area contributed by atoms with Crippen LogP contribution in [0.15, 0.2) is 36.7 Å². The van der Waals surface area contributed by atoms with Crippen molar-refractivity contribution in [1.29, 1.82) is 0 Å². The third-order valence-corrected chi connectivity index (χ3v) is 5.16. The molecule has 1 unspecified atom stereocenters. The predicted molar refractivity (Wildman–Crippen MR) is 114 cm³/mol. The molecule has 1 aromatic carbocycles. The van der Waals surface area contributed by atoms with Gasteiger partial charge in [0.15, 0.2) is 5.82 Å². The lowest BCUT2D eigenvalue weighted by Crippen LogP contribution is -2.09. The summed E-state index contributed by atoms with van der Waals surface area (Å²) in [4.78, 5) is 20.9. The van der Waals surface area contributed by atoms with Crippen LogP contribution < -0.4 is 4.74 Å². The molecule has 0 radical (unpaired) electrons. The summed E-state index contributed by atoms with van der Waals surface area (Å²) in [6.07, 6.45) is 13.7. The third kappa shape index (κ3) is 7.79. The summed E-state index contributed by atoms with van der Waals surface area (Å²) in [5.41, 5.74) is 2.11. The number of esters is 1. The molecule has 2 aromatic rings. The van der Waals surface area contributed by atoms with E-state index in [1.165, 1.54) is 37.7 Å². The maximum Gasteiger partial charge on any atom is 0.311 e. The topological polar surface area (TPSA) is 52.1 Å². The van der Waals surface area contributed by atoms with Crippen molar-refractivity contribution < 1.29 is 9.53 Å². The first kappa shape index (κ1) is 22.1. The highest BCUT2D eigenvalue weighted by molar-refractivity contribution is 5.72. The van der Waals surface area contributed by atoms with E-state index in [4.69, 9.17) is 4.74 Å². The average molecular weight is 383 g/mol. The fourth-order valence-electron chi connectivity index (χ4n) is 2.99. The van der Waals surface area contributed by atoms with E-state index >= 15 is 0 Å². The quantitative estimate of drug-likeness (QED) is 0.242. The normalized spacial score (nSPS) is 12.0. The second-order valence-corrected chi connectivity index (χ2v) is 7.63. The van der Waals surface area contributed by atoms with E-state index < -0.39 is 0 Å². The standard InChI is InChI=1S/C24H34N2O2/c1-4-6-7-8-9-10-20-17-25-24(26-18-20)21-12-14-22(15-13-21)28-23(27)16-11-19(3)5-2/h12-15,17-19H,4-11,16H2,1-3H3. The van der Waals surface area contributed by atoms with Crippen molar-refractivity contribution >= 4 is 5.97 Å². The van der Waals surface area contributed by atoms with Gasteiger partial charge in [-0.05, 0) is 55.0 Å². The van der Waals surface area contributed by atoms with Gasteiger partial charge < -0.3 is 4.74 Å². The summed E-state index contributed by atoms with van der Waals surface area (Å²) in [6.45, 7) is 6.52. The Balaban J connectivity index is 1.83. The molecule has 4 heteroatoms. The number of hydrogen-bond donors (Lipinski definition) is 0. The molecule has 0 amide bonds. The summed E-state index contributed by atoms with van der Waals surface area (Å²) in [5, 5.41) is 0. The number of ether oxygens (including phenoxy) is 1. The molecule has 0 saturated carbocycles. The van der Waals surface area contributed by atoms with Crippen LogP contribution in [0.1, 0.15) is 77.7 Å². The maximum absolute atomic E-state index is 11.9. The molecule has 0 aliphatic rings. The molecule has 4 nitrogen and oxygen atoms in total. The highest BCUT2D eigenvalue weighted by atomic mass is 16.5. The van der Waals surface area contributed by atoms with Gasteiger partial charge in [-0.15, -0.1) is 0 Å². The molecule has 0 saturated heterocycles. The predicted octanol–water partition coefficient (Wildman–Crippen LogP) is 6.39. The van der Waals surface area contributed by atoms with Crippen LogP contribution in [0, 0.1) is 5.92 Å². The maximum atomic E-state index is 11.9. The average Bonchev–Trinajstić information content (AvgIpc) is 2.73. The Morgan fingerprint density at radius 1 is 1.00 bits per heavy atom. The van der Waals surface area contributed by atoms with Crippen molar-refractivity contribution in [1.82, 2.24) is 9.97 Å². The number of nitrogens with zero attached hydrogens (tertiary/aromatic N) is 2. The van der Waals surface area contributed by atoms with Crippen molar-refractivity contribution in [2.45, 2.75) is 78.6 Å². The second-order valence-electron chi connectivity index (χ2n) is 7.63. The first-order chi connectivity index (χ1) is 13.6. The zero-order valence-corrected chi connectivity index (χ0v) is 17.6. The van der Waals surface area contributed by atoms with Crippen molar-refractivity contribution in [3.63, 3.8) is 0 Å².